The minimum Gasteiger partial charge on any atom is -0.444 e. The number of aryl methyl sites for hydroxylation is 1. The van der Waals surface area contributed by atoms with E-state index in [1.807, 2.05) is 48.7 Å². The lowest BCUT2D eigenvalue weighted by Gasteiger charge is -2.37. The predicted octanol–water partition coefficient (Wildman–Crippen LogP) is 4.29. The fourth-order valence-electron chi connectivity index (χ4n) is 4.80. The van der Waals surface area contributed by atoms with E-state index in [1.165, 1.54) is 0 Å². The van der Waals surface area contributed by atoms with Gasteiger partial charge in [0.05, 0.1) is 10.7 Å². The highest BCUT2D eigenvalue weighted by Crippen LogP contribution is 2.39. The number of nitrogens with two attached hydrogens (primary N) is 1. The lowest BCUT2D eigenvalue weighted by molar-refractivity contribution is 0.110. The number of rotatable bonds is 10. The highest BCUT2D eigenvalue weighted by atomic mass is 32.1. The number of aromatic nitrogens is 2. The van der Waals surface area contributed by atoms with Gasteiger partial charge in [0.2, 0.25) is 5.06 Å². The van der Waals surface area contributed by atoms with Crippen molar-refractivity contribution in [2.45, 2.75) is 38.9 Å². The van der Waals surface area contributed by atoms with Gasteiger partial charge in [0.1, 0.15) is 17.1 Å². The molecule has 5 rings (SSSR count). The largest absolute Gasteiger partial charge is 0.444 e. The second-order valence-corrected chi connectivity index (χ2v) is 11.3. The Morgan fingerprint density at radius 3 is 2.64 bits per heavy atom. The molecule has 2 aromatic heterocycles. The van der Waals surface area contributed by atoms with E-state index >= 15 is 0 Å². The fourth-order valence-corrected chi connectivity index (χ4v) is 5.69. The van der Waals surface area contributed by atoms with Crippen LogP contribution in [0.2, 0.25) is 0 Å². The second kappa shape index (κ2) is 12.3. The van der Waals surface area contributed by atoms with Gasteiger partial charge in [-0.3, -0.25) is 14.8 Å². The summed E-state index contributed by atoms with van der Waals surface area (Å²) in [6.07, 6.45) is 8.48. The number of allylic oxidation sites excluding steroid dienone is 1. The van der Waals surface area contributed by atoms with Crippen LogP contribution < -0.4 is 21.1 Å². The first-order valence-corrected chi connectivity index (χ1v) is 14.6. The molecule has 1 aromatic carbocycles. The number of benzene rings is 1. The monoisotopic (exact) mass is 545 g/mol. The SMILES string of the molecule is CCc1nc(-c2ccccc2)c(Oc2ccnc(C3(N)C=CC(NCCN4CCN(C(C)C)CC4)=CN3)c2)s1. The van der Waals surface area contributed by atoms with Gasteiger partial charge in [0.15, 0.2) is 0 Å². The Hall–Kier alpha value is -3.24. The van der Waals surface area contributed by atoms with E-state index in [0.29, 0.717) is 17.5 Å². The Bertz CT molecular complexity index is 1300. The zero-order valence-electron chi connectivity index (χ0n) is 23.1. The molecule has 1 unspecified atom stereocenters. The van der Waals surface area contributed by atoms with Crippen molar-refractivity contribution in [3.05, 3.63) is 83.4 Å². The summed E-state index contributed by atoms with van der Waals surface area (Å²) in [5.41, 5.74) is 9.37. The number of dihydropyridines is 1. The minimum atomic E-state index is -0.928. The van der Waals surface area contributed by atoms with Crippen molar-refractivity contribution < 1.29 is 4.74 Å². The molecule has 4 N–H and O–H groups in total. The van der Waals surface area contributed by atoms with E-state index in [-0.39, 0.29) is 0 Å². The fraction of sp³-hybridized carbons (Fsp3) is 0.400. The number of thiazole rings is 1. The van der Waals surface area contributed by atoms with Crippen LogP contribution in [0.25, 0.3) is 11.3 Å². The average Bonchev–Trinajstić information content (AvgIpc) is 3.38. The van der Waals surface area contributed by atoms with Crippen molar-refractivity contribution in [2.75, 3.05) is 39.3 Å². The number of piperazine rings is 1. The van der Waals surface area contributed by atoms with Gasteiger partial charge in [-0.15, -0.1) is 0 Å². The van der Waals surface area contributed by atoms with Crippen LogP contribution in [-0.2, 0) is 12.1 Å². The van der Waals surface area contributed by atoms with Gasteiger partial charge in [-0.2, -0.15) is 0 Å². The Kier molecular flexibility index (Phi) is 8.62. The first kappa shape index (κ1) is 27.3. The van der Waals surface area contributed by atoms with Crippen LogP contribution in [0.15, 0.2) is 72.7 Å². The quantitative estimate of drug-likeness (QED) is 0.348. The number of nitrogens with zero attached hydrogens (tertiary/aromatic N) is 4. The number of hydrogen-bond donors (Lipinski definition) is 3. The maximum Gasteiger partial charge on any atom is 0.208 e. The van der Waals surface area contributed by atoms with Crippen molar-refractivity contribution in [1.82, 2.24) is 30.4 Å². The number of pyridine rings is 1. The van der Waals surface area contributed by atoms with Gasteiger partial charge in [-0.05, 0) is 38.5 Å². The number of hydrogen-bond acceptors (Lipinski definition) is 9. The van der Waals surface area contributed by atoms with Crippen molar-refractivity contribution >= 4 is 11.3 Å². The summed E-state index contributed by atoms with van der Waals surface area (Å²) in [5, 5.41) is 8.65. The molecule has 1 fully saturated rings. The summed E-state index contributed by atoms with van der Waals surface area (Å²) < 4.78 is 6.35. The molecular weight excluding hydrogens is 506 g/mol. The zero-order chi connectivity index (χ0) is 27.2. The molecule has 0 amide bonds. The standard InChI is InChI=1S/C30H39N7OS/c1-4-27-35-28(23-8-6-5-7-9-23)29(39-27)38-25-11-13-33-26(20-25)30(31)12-10-24(21-34-30)32-14-15-36-16-18-37(19-17-36)22(2)3/h5-13,20-22,32,34H,4,14-19,31H2,1-3H3. The molecule has 2 aliphatic rings. The van der Waals surface area contributed by atoms with Crippen molar-refractivity contribution in [3.63, 3.8) is 0 Å². The van der Waals surface area contributed by atoms with Gasteiger partial charge in [-0.25, -0.2) is 4.98 Å². The summed E-state index contributed by atoms with van der Waals surface area (Å²) in [5.74, 6) is 0.675. The summed E-state index contributed by atoms with van der Waals surface area (Å²) in [6.45, 7) is 13.1. The Labute approximate surface area is 235 Å². The Balaban J connectivity index is 1.19. The molecule has 0 radical (unpaired) electrons. The van der Waals surface area contributed by atoms with Crippen LogP contribution in [0.3, 0.4) is 0 Å². The van der Waals surface area contributed by atoms with E-state index < -0.39 is 5.66 Å². The zero-order valence-corrected chi connectivity index (χ0v) is 23.9. The third-order valence-electron chi connectivity index (χ3n) is 7.24. The van der Waals surface area contributed by atoms with Crippen molar-refractivity contribution in [1.29, 1.82) is 0 Å². The minimum absolute atomic E-state index is 0.625. The molecule has 9 heteroatoms. The van der Waals surface area contributed by atoms with Crippen molar-refractivity contribution in [3.8, 4) is 22.1 Å². The number of nitrogens with one attached hydrogen (secondary N) is 2. The van der Waals surface area contributed by atoms with Gasteiger partial charge < -0.3 is 21.1 Å². The topological polar surface area (TPSA) is 91.6 Å². The van der Waals surface area contributed by atoms with E-state index in [0.717, 1.165) is 72.7 Å². The van der Waals surface area contributed by atoms with Crippen LogP contribution in [0.1, 0.15) is 31.5 Å². The van der Waals surface area contributed by atoms with Crippen LogP contribution in [0.5, 0.6) is 10.8 Å². The van der Waals surface area contributed by atoms with Gasteiger partial charge >= 0.3 is 0 Å². The second-order valence-electron chi connectivity index (χ2n) is 10.3. The van der Waals surface area contributed by atoms with E-state index in [4.69, 9.17) is 15.5 Å². The van der Waals surface area contributed by atoms with Crippen LogP contribution in [-0.4, -0.2) is 65.1 Å². The van der Waals surface area contributed by atoms with Gasteiger partial charge in [0.25, 0.3) is 0 Å². The number of ether oxygens (including phenoxy) is 1. The first-order chi connectivity index (χ1) is 18.9. The van der Waals surface area contributed by atoms with Crippen LogP contribution in [0, 0.1) is 0 Å². The summed E-state index contributed by atoms with van der Waals surface area (Å²) >= 11 is 1.57. The molecular formula is C30H39N7OS. The predicted molar refractivity (Wildman–Crippen MR) is 159 cm³/mol. The molecule has 206 valence electrons. The van der Waals surface area contributed by atoms with E-state index in [1.54, 1.807) is 17.5 Å². The van der Waals surface area contributed by atoms with Crippen molar-refractivity contribution in [2.24, 2.45) is 5.73 Å². The maximum absolute atomic E-state index is 6.72. The third kappa shape index (κ3) is 6.67. The molecule has 1 atom stereocenters. The van der Waals surface area contributed by atoms with Gasteiger partial charge in [-0.1, -0.05) is 48.6 Å². The molecule has 0 aliphatic carbocycles. The Morgan fingerprint density at radius 2 is 1.95 bits per heavy atom. The molecule has 8 nitrogen and oxygen atoms in total. The molecule has 3 aromatic rings. The summed E-state index contributed by atoms with van der Waals surface area (Å²) in [6, 6.07) is 14.5. The molecule has 2 aliphatic heterocycles. The van der Waals surface area contributed by atoms with E-state index in [9.17, 15) is 0 Å². The average molecular weight is 546 g/mol. The normalized spacial score (nSPS) is 20.1. The highest BCUT2D eigenvalue weighted by molar-refractivity contribution is 7.14. The smallest absolute Gasteiger partial charge is 0.208 e. The molecule has 1 saturated heterocycles. The maximum atomic E-state index is 6.72. The summed E-state index contributed by atoms with van der Waals surface area (Å²) in [4.78, 5) is 14.4. The molecule has 0 spiro atoms. The van der Waals surface area contributed by atoms with Gasteiger partial charge in [0, 0.05) is 75.0 Å². The lowest BCUT2D eigenvalue weighted by atomic mass is 10.0. The molecule has 0 bridgehead atoms. The molecule has 0 saturated carbocycles. The molecule has 39 heavy (non-hydrogen) atoms. The van der Waals surface area contributed by atoms with Crippen LogP contribution in [0.4, 0.5) is 0 Å². The molecule has 4 heterocycles. The first-order valence-electron chi connectivity index (χ1n) is 13.8. The van der Waals surface area contributed by atoms with Crippen LogP contribution >= 0.6 is 11.3 Å². The Morgan fingerprint density at radius 1 is 1.15 bits per heavy atom. The third-order valence-corrected chi connectivity index (χ3v) is 8.32. The van der Waals surface area contributed by atoms with E-state index in [2.05, 4.69) is 58.3 Å². The lowest BCUT2D eigenvalue weighted by Crippen LogP contribution is -2.50. The highest BCUT2D eigenvalue weighted by Gasteiger charge is 2.28. The summed E-state index contributed by atoms with van der Waals surface area (Å²) in [7, 11) is 0.